The topological polar surface area (TPSA) is 59.2 Å². The number of fused-ring (bicyclic) bond motifs is 2. The molecule has 0 amide bonds. The fourth-order valence-corrected chi connectivity index (χ4v) is 5.18. The second-order valence-corrected chi connectivity index (χ2v) is 12.6. The second kappa shape index (κ2) is 9.34. The van der Waals surface area contributed by atoms with Crippen LogP contribution < -0.4 is 0 Å². The minimum absolute atomic E-state index is 0.0110. The normalized spacial score (nSPS) is 12.3. The summed E-state index contributed by atoms with van der Waals surface area (Å²) in [4.78, 5) is 9.78. The van der Waals surface area contributed by atoms with Gasteiger partial charge in [-0.1, -0.05) is 84.0 Å². The number of phenolic OH excluding ortho intramolecular Hbond substituents is 1. The van der Waals surface area contributed by atoms with Crippen molar-refractivity contribution in [1.29, 1.82) is 0 Å². The third-order valence-electron chi connectivity index (χ3n) is 7.54. The molecule has 4 nitrogen and oxygen atoms in total. The molecule has 0 spiro atoms. The zero-order valence-electron chi connectivity index (χ0n) is 23.9. The van der Waals surface area contributed by atoms with E-state index >= 15 is 0 Å². The maximum absolute atomic E-state index is 10.5. The van der Waals surface area contributed by atoms with Crippen molar-refractivity contribution in [3.63, 3.8) is 0 Å². The molecule has 40 heavy (non-hydrogen) atoms. The van der Waals surface area contributed by atoms with Crippen LogP contribution in [0, 0.1) is 0 Å². The maximum Gasteiger partial charge on any atom is 0.227 e. The van der Waals surface area contributed by atoms with E-state index in [0.717, 1.165) is 44.2 Å². The van der Waals surface area contributed by atoms with Gasteiger partial charge in [0.15, 0.2) is 5.58 Å². The van der Waals surface area contributed by atoms with Crippen molar-refractivity contribution in [2.24, 2.45) is 0 Å². The molecule has 0 fully saturated rings. The van der Waals surface area contributed by atoms with E-state index in [1.165, 1.54) is 11.1 Å². The fraction of sp³-hybridized carbons (Fsp3) is 0.222. The molecule has 0 bridgehead atoms. The van der Waals surface area contributed by atoms with E-state index in [1.807, 2.05) is 48.7 Å². The Bertz CT molecular complexity index is 1880. The Morgan fingerprint density at radius 2 is 1.32 bits per heavy atom. The van der Waals surface area contributed by atoms with Crippen molar-refractivity contribution in [3.8, 4) is 39.5 Å². The molecule has 0 saturated carbocycles. The van der Waals surface area contributed by atoms with Crippen LogP contribution in [0.2, 0.25) is 0 Å². The smallest absolute Gasteiger partial charge is 0.227 e. The van der Waals surface area contributed by atoms with Crippen molar-refractivity contribution < 1.29 is 9.52 Å². The van der Waals surface area contributed by atoms with Gasteiger partial charge in [-0.15, -0.1) is 0 Å². The molecule has 2 aromatic heterocycles. The second-order valence-electron chi connectivity index (χ2n) is 12.6. The highest BCUT2D eigenvalue weighted by Crippen LogP contribution is 2.40. The highest BCUT2D eigenvalue weighted by Gasteiger charge is 2.22. The number of phenols is 1. The van der Waals surface area contributed by atoms with Crippen molar-refractivity contribution in [2.75, 3.05) is 0 Å². The lowest BCUT2D eigenvalue weighted by molar-refractivity contribution is 0.477. The molecule has 0 aliphatic heterocycles. The summed E-state index contributed by atoms with van der Waals surface area (Å²) in [7, 11) is 0. The van der Waals surface area contributed by atoms with Crippen molar-refractivity contribution in [1.82, 2.24) is 9.97 Å². The summed E-state index contributed by atoms with van der Waals surface area (Å²) in [6.07, 6.45) is 1.86. The van der Waals surface area contributed by atoms with Crippen LogP contribution in [-0.4, -0.2) is 15.1 Å². The summed E-state index contributed by atoms with van der Waals surface area (Å²) in [6.45, 7) is 13.4. The van der Waals surface area contributed by atoms with Gasteiger partial charge in [-0.3, -0.25) is 4.98 Å². The molecule has 1 N–H and O–H groups in total. The molecule has 0 saturated heterocycles. The van der Waals surface area contributed by atoms with Gasteiger partial charge >= 0.3 is 0 Å². The standard InChI is InChI=1S/C36H34N2O2/c1-35(2,3)25-19-23(29-21-26(36(4,5)6)18-22-11-10-16-37-32(22)29)17-24(20-25)34-38-33-28(13-9-15-31(33)40-34)27-12-7-8-14-30(27)39/h7-21,39H,1-6H3. The van der Waals surface area contributed by atoms with E-state index in [9.17, 15) is 5.11 Å². The quantitative estimate of drug-likeness (QED) is 0.249. The van der Waals surface area contributed by atoms with Gasteiger partial charge in [-0.25, -0.2) is 4.98 Å². The number of aromatic hydroxyl groups is 1. The van der Waals surface area contributed by atoms with E-state index in [4.69, 9.17) is 14.4 Å². The molecule has 200 valence electrons. The van der Waals surface area contributed by atoms with Gasteiger partial charge in [-0.05, 0) is 70.0 Å². The molecule has 0 radical (unpaired) electrons. The molecule has 0 atom stereocenters. The molecule has 6 aromatic rings. The summed E-state index contributed by atoms with van der Waals surface area (Å²) < 4.78 is 6.37. The first-order valence-corrected chi connectivity index (χ1v) is 13.7. The van der Waals surface area contributed by atoms with E-state index in [-0.39, 0.29) is 16.6 Å². The molecule has 4 aromatic carbocycles. The first kappa shape index (κ1) is 25.8. The average molecular weight is 527 g/mol. The number of benzene rings is 4. The average Bonchev–Trinajstić information content (AvgIpc) is 3.36. The number of nitrogens with zero attached hydrogens (tertiary/aromatic N) is 2. The van der Waals surface area contributed by atoms with Crippen molar-refractivity contribution >= 4 is 22.0 Å². The number of hydrogen-bond donors (Lipinski definition) is 1. The summed E-state index contributed by atoms with van der Waals surface area (Å²) in [5.41, 5.74) is 9.39. The monoisotopic (exact) mass is 526 g/mol. The van der Waals surface area contributed by atoms with E-state index < -0.39 is 0 Å². The zero-order chi connectivity index (χ0) is 28.2. The first-order valence-electron chi connectivity index (χ1n) is 13.7. The number of oxazole rings is 1. The van der Waals surface area contributed by atoms with Crippen LogP contribution in [0.5, 0.6) is 5.75 Å². The zero-order valence-corrected chi connectivity index (χ0v) is 23.9. The molecule has 0 aliphatic rings. The Kier molecular flexibility index (Phi) is 6.03. The van der Waals surface area contributed by atoms with Crippen LogP contribution >= 0.6 is 0 Å². The summed E-state index contributed by atoms with van der Waals surface area (Å²) in [5.74, 6) is 0.768. The largest absolute Gasteiger partial charge is 0.507 e. The third kappa shape index (κ3) is 4.64. The van der Waals surface area contributed by atoms with E-state index in [2.05, 4.69) is 77.9 Å². The number of pyridine rings is 1. The first-order chi connectivity index (χ1) is 19.0. The Morgan fingerprint density at radius 1 is 0.625 bits per heavy atom. The molecular weight excluding hydrogens is 492 g/mol. The Morgan fingerprint density at radius 3 is 2.08 bits per heavy atom. The highest BCUT2D eigenvalue weighted by molar-refractivity contribution is 5.96. The fourth-order valence-electron chi connectivity index (χ4n) is 5.18. The lowest BCUT2D eigenvalue weighted by atomic mass is 9.81. The predicted molar refractivity (Wildman–Crippen MR) is 165 cm³/mol. The lowest BCUT2D eigenvalue weighted by Gasteiger charge is -2.23. The Balaban J connectivity index is 1.60. The van der Waals surface area contributed by atoms with Crippen LogP contribution in [0.1, 0.15) is 52.7 Å². The maximum atomic E-state index is 10.5. The summed E-state index contributed by atoms with van der Waals surface area (Å²) in [6, 6.07) is 28.4. The third-order valence-corrected chi connectivity index (χ3v) is 7.54. The summed E-state index contributed by atoms with van der Waals surface area (Å²) in [5, 5.41) is 11.7. The van der Waals surface area contributed by atoms with Crippen LogP contribution in [0.25, 0.3) is 55.7 Å². The minimum Gasteiger partial charge on any atom is -0.507 e. The van der Waals surface area contributed by atoms with Gasteiger partial charge in [0, 0.05) is 33.8 Å². The number of para-hydroxylation sites is 2. The van der Waals surface area contributed by atoms with Gasteiger partial charge in [0.05, 0.1) is 5.52 Å². The Hall–Kier alpha value is -4.44. The van der Waals surface area contributed by atoms with Gasteiger partial charge in [0.2, 0.25) is 5.89 Å². The molecule has 2 heterocycles. The summed E-state index contributed by atoms with van der Waals surface area (Å²) >= 11 is 0. The predicted octanol–water partition coefficient (Wildman–Crippen LogP) is 9.68. The van der Waals surface area contributed by atoms with Gasteiger partial charge in [-0.2, -0.15) is 0 Å². The highest BCUT2D eigenvalue weighted by atomic mass is 16.3. The van der Waals surface area contributed by atoms with E-state index in [0.29, 0.717) is 11.5 Å². The molecule has 0 unspecified atom stereocenters. The van der Waals surface area contributed by atoms with Gasteiger partial charge < -0.3 is 9.52 Å². The SMILES string of the molecule is CC(C)(C)c1cc(-c2nc3c(-c4ccccc4O)cccc3o2)cc(-c2cc(C(C)(C)C)cc3cccnc23)c1. The number of rotatable bonds is 3. The molecule has 0 aliphatic carbocycles. The van der Waals surface area contributed by atoms with E-state index in [1.54, 1.807) is 6.07 Å². The van der Waals surface area contributed by atoms with Crippen LogP contribution in [-0.2, 0) is 10.8 Å². The van der Waals surface area contributed by atoms with Crippen LogP contribution in [0.15, 0.2) is 95.5 Å². The van der Waals surface area contributed by atoms with Crippen LogP contribution in [0.3, 0.4) is 0 Å². The lowest BCUT2D eigenvalue weighted by Crippen LogP contribution is -2.12. The van der Waals surface area contributed by atoms with Gasteiger partial charge in [0.25, 0.3) is 0 Å². The molecule has 6 rings (SSSR count). The minimum atomic E-state index is -0.0946. The molecule has 4 heteroatoms. The van der Waals surface area contributed by atoms with Crippen molar-refractivity contribution in [2.45, 2.75) is 52.4 Å². The van der Waals surface area contributed by atoms with Gasteiger partial charge in [0.1, 0.15) is 11.3 Å². The van der Waals surface area contributed by atoms with Crippen molar-refractivity contribution in [3.05, 3.63) is 102 Å². The Labute approximate surface area is 235 Å². The van der Waals surface area contributed by atoms with Crippen LogP contribution in [0.4, 0.5) is 0 Å². The molecular formula is C36H34N2O2. The number of aromatic nitrogens is 2. The number of hydrogen-bond acceptors (Lipinski definition) is 4.